The molecule has 542 valence electrons. The number of pyridine rings is 1. The molecule has 0 radical (unpaired) electrons. The van der Waals surface area contributed by atoms with Crippen LogP contribution in [0.2, 0.25) is 0 Å². The summed E-state index contributed by atoms with van der Waals surface area (Å²) >= 11 is 3.19. The molecule has 7 heterocycles. The van der Waals surface area contributed by atoms with Gasteiger partial charge in [0.25, 0.3) is 5.91 Å². The second-order valence-electron chi connectivity index (χ2n) is 32.3. The second-order valence-corrected chi connectivity index (χ2v) is 34.2. The third-order valence-electron chi connectivity index (χ3n) is 22.4. The van der Waals surface area contributed by atoms with Gasteiger partial charge >= 0.3 is 0 Å². The van der Waals surface area contributed by atoms with E-state index in [1.54, 1.807) is 29.7 Å². The molecule has 22 heteroatoms. The minimum Gasteiger partial charge on any atom is -0.391 e. The summed E-state index contributed by atoms with van der Waals surface area (Å²) in [7, 11) is 3.91. The number of amides is 4. The van der Waals surface area contributed by atoms with Gasteiger partial charge in [0, 0.05) is 74.0 Å². The first-order valence-electron chi connectivity index (χ1n) is 37.3. The largest absolute Gasteiger partial charge is 0.391 e. The van der Waals surface area contributed by atoms with E-state index >= 15 is 0 Å². The molecule has 2 unspecified atom stereocenters. The molecule has 5 N–H and O–H groups in total. The van der Waals surface area contributed by atoms with Crippen molar-refractivity contribution in [2.45, 2.75) is 234 Å². The van der Waals surface area contributed by atoms with Crippen LogP contribution in [0.25, 0.3) is 31.8 Å². The predicted molar refractivity (Wildman–Crippen MR) is 403 cm³/mol. The fraction of sp³-hybridized carbons (Fsp3) is 0.595. The highest BCUT2D eigenvalue weighted by atomic mass is 32.1. The zero-order valence-corrected chi connectivity index (χ0v) is 63.2. The van der Waals surface area contributed by atoms with Gasteiger partial charge in [-0.3, -0.25) is 23.9 Å². The monoisotopic (exact) mass is 1410 g/mol. The van der Waals surface area contributed by atoms with Gasteiger partial charge in [-0.1, -0.05) is 140 Å². The standard InChI is InChI=1S/C79H108N14O6S2/c1-51-58-26-25-37-91(70(58)89-88-69(51)87-74-84-61-27-22-23-28-63(61)101-74)64-35-34-59(66(85-64)72(97)80-10)60-41-82-93(54(60)4)49-78-44-76(8)43-77(9,45-78)47-79(46-76,48-78)99-39-38-90(11)36-24-20-18-16-14-12-13-15-17-19-21-29-65(95)86-68(75(5,6)7)73(98)92-42-57(94)40-62(92)71(96)83-52(2)55-30-32-56(33-31-55)67-53(3)81-50-100-67/h22-23,27-28,30-35,41,50,52,57,62,68,94H,12-21,24-26,29,36-40,42-49H2,1-11H3,(H,80,97)(H,83,96)(H,86,95)(H,84,87,88)/t52-,57+,62-,68+,76?,77?,78?,79?/m0/s1. The van der Waals surface area contributed by atoms with Crippen LogP contribution in [0.5, 0.6) is 0 Å². The Hall–Kier alpha value is -7.24. The van der Waals surface area contributed by atoms with Gasteiger partial charge in [0.2, 0.25) is 17.7 Å². The maximum atomic E-state index is 14.2. The molecule has 4 bridgehead atoms. The first-order chi connectivity index (χ1) is 48.3. The molecule has 0 spiro atoms. The zero-order chi connectivity index (χ0) is 71.4. The van der Waals surface area contributed by atoms with Gasteiger partial charge in [0.1, 0.15) is 23.6 Å². The van der Waals surface area contributed by atoms with Gasteiger partial charge in [-0.15, -0.1) is 21.5 Å². The van der Waals surface area contributed by atoms with Crippen molar-refractivity contribution in [2.24, 2.45) is 21.7 Å². The van der Waals surface area contributed by atoms with E-state index in [-0.39, 0.29) is 64.5 Å². The van der Waals surface area contributed by atoms with Crippen molar-refractivity contribution in [3.63, 3.8) is 0 Å². The van der Waals surface area contributed by atoms with Crippen LogP contribution in [0.1, 0.15) is 215 Å². The molecule has 2 aromatic carbocycles. The molecule has 6 atom stereocenters. The lowest BCUT2D eigenvalue weighted by Gasteiger charge is -2.69. The van der Waals surface area contributed by atoms with E-state index in [1.165, 1.54) is 56.3 Å². The summed E-state index contributed by atoms with van der Waals surface area (Å²) in [5.41, 5.74) is 10.7. The first-order valence-corrected chi connectivity index (χ1v) is 39.0. The third kappa shape index (κ3) is 16.9. The number of benzene rings is 2. The Morgan fingerprint density at radius 2 is 1.51 bits per heavy atom. The summed E-state index contributed by atoms with van der Waals surface area (Å²) in [4.78, 5) is 76.6. The number of thiazole rings is 2. The van der Waals surface area contributed by atoms with Crippen molar-refractivity contribution in [2.75, 3.05) is 57.1 Å². The Balaban J connectivity index is 0.545. The maximum absolute atomic E-state index is 14.2. The molecule has 5 fully saturated rings. The number of rotatable bonds is 31. The molecule has 7 aromatic rings. The molecular weight excluding hydrogens is 1310 g/mol. The number of ether oxygens (including phenoxy) is 1. The number of hydrogen-bond acceptors (Lipinski definition) is 17. The minimum atomic E-state index is -0.842. The molecule has 6 aliphatic rings. The lowest BCUT2D eigenvalue weighted by molar-refractivity contribution is -0.248. The van der Waals surface area contributed by atoms with Crippen molar-refractivity contribution in [3.8, 4) is 21.6 Å². The third-order valence-corrected chi connectivity index (χ3v) is 24.4. The van der Waals surface area contributed by atoms with Gasteiger partial charge < -0.3 is 45.8 Å². The van der Waals surface area contributed by atoms with Crippen LogP contribution in [-0.4, -0.2) is 144 Å². The fourth-order valence-electron chi connectivity index (χ4n) is 18.4. The van der Waals surface area contributed by atoms with Gasteiger partial charge in [0.05, 0.1) is 56.8 Å². The van der Waals surface area contributed by atoms with Crippen LogP contribution in [-0.2, 0) is 32.1 Å². The number of aliphatic hydroxyl groups excluding tert-OH is 1. The molecular formula is C79H108N14O6S2. The maximum Gasteiger partial charge on any atom is 0.270 e. The number of para-hydroxylation sites is 1. The van der Waals surface area contributed by atoms with E-state index < -0.39 is 23.6 Å². The lowest BCUT2D eigenvalue weighted by Crippen LogP contribution is -2.64. The summed E-state index contributed by atoms with van der Waals surface area (Å²) in [5.74, 6) is 1.04. The number of anilines is 4. The highest BCUT2D eigenvalue weighted by Gasteiger charge is 2.66. The van der Waals surface area contributed by atoms with Gasteiger partial charge in [-0.05, 0) is 163 Å². The van der Waals surface area contributed by atoms with Gasteiger partial charge in [-0.25, -0.2) is 15.0 Å². The van der Waals surface area contributed by atoms with Crippen LogP contribution in [0.15, 0.2) is 72.4 Å². The number of aryl methyl sites for hydroxylation is 1. The van der Waals surface area contributed by atoms with E-state index in [9.17, 15) is 24.3 Å². The Kier molecular flexibility index (Phi) is 22.6. The minimum absolute atomic E-state index is 0.0409. The Labute approximate surface area is 605 Å². The predicted octanol–water partition coefficient (Wildman–Crippen LogP) is 14.7. The van der Waals surface area contributed by atoms with Crippen LogP contribution in [0.4, 0.5) is 22.6 Å². The quantitative estimate of drug-likeness (QED) is 0.0254. The van der Waals surface area contributed by atoms with Crippen molar-refractivity contribution >= 4 is 79.1 Å². The molecule has 2 aliphatic heterocycles. The molecule has 4 amide bonds. The zero-order valence-electron chi connectivity index (χ0n) is 61.6. The van der Waals surface area contributed by atoms with Gasteiger partial charge in [-0.2, -0.15) is 5.10 Å². The number of β-amino-alcohol motifs (C(OH)–C–C–N with tert-alkyl or cyclic N) is 1. The number of nitrogens with one attached hydrogen (secondary N) is 4. The average molecular weight is 1410 g/mol. The highest BCUT2D eigenvalue weighted by molar-refractivity contribution is 7.22. The number of carbonyl (C=O) groups is 4. The lowest BCUT2D eigenvalue weighted by atomic mass is 9.39. The smallest absolute Gasteiger partial charge is 0.270 e. The van der Waals surface area contributed by atoms with Crippen LogP contribution in [0.3, 0.4) is 0 Å². The number of fused-ring (bicyclic) bond motifs is 2. The summed E-state index contributed by atoms with van der Waals surface area (Å²) in [6.07, 6.45) is 22.7. The van der Waals surface area contributed by atoms with Gasteiger partial charge in [0.15, 0.2) is 16.8 Å². The topological polar surface area (TPSA) is 238 Å². The summed E-state index contributed by atoms with van der Waals surface area (Å²) in [6, 6.07) is 18.2. The SMILES string of the molecule is CNC(=O)c1nc(N2CCCc3c2nnc(Nc2nc4ccccc4s2)c3C)ccc1-c1cnn(CC23CC4(C)CC(C)(C2)CC(OCCN(C)CCCCCCCCCCCCCC(=O)N[C@H](C(=O)N2C[C@H](O)C[C@H]2C(=O)N[C@@H](C)c2ccc(-c5scnc5C)cc2)C(C)(C)C)(C4)C3)c1C. The Morgan fingerprint density at radius 3 is 2.20 bits per heavy atom. The van der Waals surface area contributed by atoms with E-state index in [4.69, 9.17) is 24.9 Å². The number of aliphatic hydroxyl groups is 1. The molecule has 5 aromatic heterocycles. The van der Waals surface area contributed by atoms with Crippen LogP contribution in [0, 0.1) is 42.4 Å². The molecule has 20 nitrogen and oxygen atoms in total. The Bertz CT molecular complexity index is 4030. The molecule has 101 heavy (non-hydrogen) atoms. The summed E-state index contributed by atoms with van der Waals surface area (Å²) in [6.45, 7) is 23.2. The molecule has 13 rings (SSSR count). The van der Waals surface area contributed by atoms with Crippen molar-refractivity contribution in [1.82, 2.24) is 60.7 Å². The number of aromatic nitrogens is 7. The normalized spacial score (nSPS) is 23.0. The van der Waals surface area contributed by atoms with E-state index in [2.05, 4.69) is 86.6 Å². The van der Waals surface area contributed by atoms with Crippen molar-refractivity contribution < 1.29 is 29.0 Å². The average Bonchev–Trinajstić information content (AvgIpc) is 0.922. The number of likely N-dealkylation sites (N-methyl/N-ethyl adjacent to an activating group) is 1. The first kappa shape index (κ1) is 73.5. The molecule has 1 saturated heterocycles. The highest BCUT2D eigenvalue weighted by Crippen LogP contribution is 2.72. The second kappa shape index (κ2) is 31.0. The van der Waals surface area contributed by atoms with Crippen molar-refractivity contribution in [1.29, 1.82) is 0 Å². The summed E-state index contributed by atoms with van der Waals surface area (Å²) < 4.78 is 10.5. The fourth-order valence-corrected chi connectivity index (χ4v) is 20.1. The number of nitrogens with zero attached hydrogens (tertiary/aromatic N) is 10. The van der Waals surface area contributed by atoms with E-state index in [0.717, 1.165) is 168 Å². The summed E-state index contributed by atoms with van der Waals surface area (Å²) in [5, 5.41) is 38.5. The van der Waals surface area contributed by atoms with E-state index in [0.29, 0.717) is 30.3 Å². The Morgan fingerprint density at radius 1 is 0.812 bits per heavy atom. The molecule has 4 saturated carbocycles. The van der Waals surface area contributed by atoms with Crippen LogP contribution < -0.4 is 26.2 Å². The number of carbonyl (C=O) groups excluding carboxylic acids is 4. The molecule has 4 aliphatic carbocycles. The number of hydrogen-bond donors (Lipinski definition) is 5. The number of likely N-dealkylation sites (tertiary alicyclic amines) is 1. The number of unbranched alkanes of at least 4 members (excludes halogenated alkanes) is 10. The van der Waals surface area contributed by atoms with Crippen LogP contribution >= 0.6 is 22.7 Å². The van der Waals surface area contributed by atoms with Crippen molar-refractivity contribution in [3.05, 3.63) is 106 Å². The van der Waals surface area contributed by atoms with E-state index in [1.807, 2.05) is 101 Å².